The first-order valence-electron chi connectivity index (χ1n) is 4.06. The van der Waals surface area contributed by atoms with Crippen LogP contribution in [0.4, 0.5) is 26.3 Å². The monoisotopic (exact) mass is 404 g/mol. The van der Waals surface area contributed by atoms with Crippen molar-refractivity contribution in [3.8, 4) is 0 Å². The first kappa shape index (κ1) is 15.3. The van der Waals surface area contributed by atoms with Gasteiger partial charge in [-0.25, -0.2) is 0 Å². The van der Waals surface area contributed by atoms with Gasteiger partial charge in [-0.3, -0.25) is 0 Å². The van der Waals surface area contributed by atoms with Crippen LogP contribution in [-0.2, 0) is 0 Å². The molecular formula is C8H4Br2F6S. The Kier molecular flexibility index (Phi) is 4.57. The maximum atomic E-state index is 12.4. The van der Waals surface area contributed by atoms with E-state index in [1.54, 1.807) is 0 Å². The van der Waals surface area contributed by atoms with E-state index < -0.39 is 23.1 Å². The number of hydrogen-bond donors (Lipinski definition) is 0. The highest BCUT2D eigenvalue weighted by atomic mass is 79.9. The van der Waals surface area contributed by atoms with E-state index in [1.165, 1.54) is 12.1 Å². The smallest absolute Gasteiger partial charge is 0.170 e. The predicted molar refractivity (Wildman–Crippen MR) is 59.3 cm³/mol. The Labute approximate surface area is 113 Å². The fourth-order valence-electron chi connectivity index (χ4n) is 1.16. The molecule has 1 atom stereocenters. The molecule has 0 saturated heterocycles. The molecule has 9 heteroatoms. The Bertz CT molecular complexity index is 368. The minimum absolute atomic E-state index is 0.0310. The molecule has 1 aromatic rings. The number of hydrogen-bond acceptors (Lipinski definition) is 1. The lowest BCUT2D eigenvalue weighted by atomic mass is 10.0. The molecule has 0 radical (unpaired) electrons. The van der Waals surface area contributed by atoms with Crippen molar-refractivity contribution in [3.63, 3.8) is 0 Å². The van der Waals surface area contributed by atoms with Crippen LogP contribution in [0.25, 0.3) is 0 Å². The lowest BCUT2D eigenvalue weighted by Gasteiger charge is -2.26. The van der Waals surface area contributed by atoms with Gasteiger partial charge in [0.2, 0.25) is 0 Å². The van der Waals surface area contributed by atoms with Crippen LogP contribution in [0.1, 0.15) is 9.70 Å². The maximum absolute atomic E-state index is 12.4. The van der Waals surface area contributed by atoms with Crippen molar-refractivity contribution in [2.24, 2.45) is 5.92 Å². The first-order valence-corrected chi connectivity index (χ1v) is 6.58. The molecule has 17 heavy (non-hydrogen) atoms. The quantitative estimate of drug-likeness (QED) is 0.438. The topological polar surface area (TPSA) is 0 Å². The van der Waals surface area contributed by atoms with Gasteiger partial charge >= 0.3 is 12.4 Å². The highest BCUT2D eigenvalue weighted by molar-refractivity contribution is 9.11. The van der Waals surface area contributed by atoms with Gasteiger partial charge in [0, 0.05) is 4.88 Å². The number of alkyl halides is 7. The predicted octanol–water partition coefficient (Wildman–Crippen LogP) is 5.69. The zero-order valence-corrected chi connectivity index (χ0v) is 11.7. The van der Waals surface area contributed by atoms with Crippen molar-refractivity contribution in [3.05, 3.63) is 20.8 Å². The molecule has 0 N–H and O–H groups in total. The van der Waals surface area contributed by atoms with Crippen molar-refractivity contribution >= 4 is 43.2 Å². The molecule has 1 aromatic heterocycles. The molecule has 0 amide bonds. The molecular weight excluding hydrogens is 402 g/mol. The Morgan fingerprint density at radius 1 is 1.00 bits per heavy atom. The van der Waals surface area contributed by atoms with Crippen LogP contribution in [-0.4, -0.2) is 12.4 Å². The molecule has 1 heterocycles. The highest BCUT2D eigenvalue weighted by Gasteiger charge is 2.60. The fourth-order valence-corrected chi connectivity index (χ4v) is 3.63. The molecule has 0 aromatic carbocycles. The second-order valence-electron chi connectivity index (χ2n) is 3.10. The molecule has 0 aliphatic rings. The van der Waals surface area contributed by atoms with E-state index in [2.05, 4.69) is 31.9 Å². The molecule has 0 fully saturated rings. The normalized spacial score (nSPS) is 15.4. The van der Waals surface area contributed by atoms with Gasteiger partial charge in [0.25, 0.3) is 0 Å². The van der Waals surface area contributed by atoms with Gasteiger partial charge in [0.1, 0.15) is 0 Å². The van der Waals surface area contributed by atoms with Gasteiger partial charge in [-0.05, 0) is 28.1 Å². The van der Waals surface area contributed by atoms with E-state index in [0.717, 1.165) is 11.3 Å². The van der Waals surface area contributed by atoms with E-state index in [4.69, 9.17) is 0 Å². The van der Waals surface area contributed by atoms with Gasteiger partial charge in [0.05, 0.1) is 8.61 Å². The third-order valence-electron chi connectivity index (χ3n) is 1.86. The Morgan fingerprint density at radius 2 is 1.47 bits per heavy atom. The standard InChI is InChI=1S/C8H4Br2F6S/c9-4-2-1-3(17-4)5(10)6(7(11,12)13)8(14,15)16/h1-2,5-6H. The zero-order valence-electron chi connectivity index (χ0n) is 7.74. The summed E-state index contributed by atoms with van der Waals surface area (Å²) in [5.41, 5.74) is 0. The highest BCUT2D eigenvalue weighted by Crippen LogP contribution is 2.51. The van der Waals surface area contributed by atoms with Gasteiger partial charge in [-0.2, -0.15) is 26.3 Å². The van der Waals surface area contributed by atoms with Crippen LogP contribution < -0.4 is 0 Å². The molecule has 0 spiro atoms. The summed E-state index contributed by atoms with van der Waals surface area (Å²) in [6.07, 6.45) is -10.7. The van der Waals surface area contributed by atoms with Crippen LogP contribution in [0, 0.1) is 5.92 Å². The fraction of sp³-hybridized carbons (Fsp3) is 0.500. The Balaban J connectivity index is 3.08. The van der Waals surface area contributed by atoms with Crippen molar-refractivity contribution in [1.29, 1.82) is 0 Å². The van der Waals surface area contributed by atoms with Crippen molar-refractivity contribution in [2.45, 2.75) is 17.2 Å². The largest absolute Gasteiger partial charge is 0.401 e. The third kappa shape index (κ3) is 3.85. The molecule has 0 bridgehead atoms. The van der Waals surface area contributed by atoms with E-state index >= 15 is 0 Å². The molecule has 0 aliphatic carbocycles. The number of thiophene rings is 1. The average molecular weight is 406 g/mol. The SMILES string of the molecule is FC(F)(F)C(C(Br)c1ccc(Br)s1)C(F)(F)F. The lowest BCUT2D eigenvalue weighted by molar-refractivity contribution is -0.283. The van der Waals surface area contributed by atoms with Crippen LogP contribution >= 0.6 is 43.2 Å². The summed E-state index contributed by atoms with van der Waals surface area (Å²) in [5, 5.41) is 0. The third-order valence-corrected chi connectivity index (χ3v) is 4.90. The summed E-state index contributed by atoms with van der Waals surface area (Å²) in [5.74, 6) is -3.42. The molecule has 0 nitrogen and oxygen atoms in total. The van der Waals surface area contributed by atoms with E-state index in [9.17, 15) is 26.3 Å². The molecule has 98 valence electrons. The number of halogens is 8. The first-order chi connectivity index (χ1) is 7.53. The van der Waals surface area contributed by atoms with E-state index in [0.29, 0.717) is 3.79 Å². The van der Waals surface area contributed by atoms with Crippen LogP contribution in [0.2, 0.25) is 0 Å². The summed E-state index contributed by atoms with van der Waals surface area (Å²) in [7, 11) is 0. The van der Waals surface area contributed by atoms with E-state index in [-0.39, 0.29) is 4.88 Å². The molecule has 0 aliphatic heterocycles. The second-order valence-corrected chi connectivity index (χ2v) is 6.59. The van der Waals surface area contributed by atoms with E-state index in [1.807, 2.05) is 0 Å². The Hall–Kier alpha value is 0.240. The summed E-state index contributed by atoms with van der Waals surface area (Å²) in [6.45, 7) is 0. The molecule has 0 saturated carbocycles. The van der Waals surface area contributed by atoms with Crippen molar-refractivity contribution < 1.29 is 26.3 Å². The molecule has 1 rings (SSSR count). The van der Waals surface area contributed by atoms with Crippen LogP contribution in [0.5, 0.6) is 0 Å². The second kappa shape index (κ2) is 5.08. The van der Waals surface area contributed by atoms with Gasteiger partial charge in [-0.15, -0.1) is 11.3 Å². The van der Waals surface area contributed by atoms with Crippen molar-refractivity contribution in [1.82, 2.24) is 0 Å². The summed E-state index contributed by atoms with van der Waals surface area (Å²) >= 11 is 6.30. The Morgan fingerprint density at radius 3 is 1.76 bits per heavy atom. The zero-order chi connectivity index (χ0) is 13.4. The van der Waals surface area contributed by atoms with Gasteiger partial charge in [-0.1, -0.05) is 15.9 Å². The summed E-state index contributed by atoms with van der Waals surface area (Å²) < 4.78 is 74.9. The molecule has 1 unspecified atom stereocenters. The minimum atomic E-state index is -5.34. The van der Waals surface area contributed by atoms with Gasteiger partial charge in [0.15, 0.2) is 5.92 Å². The average Bonchev–Trinajstić information content (AvgIpc) is 2.45. The number of rotatable bonds is 2. The van der Waals surface area contributed by atoms with Crippen LogP contribution in [0.15, 0.2) is 15.9 Å². The summed E-state index contributed by atoms with van der Waals surface area (Å²) in [4.78, 5) is -1.87. The van der Waals surface area contributed by atoms with Gasteiger partial charge < -0.3 is 0 Å². The van der Waals surface area contributed by atoms with Crippen LogP contribution in [0.3, 0.4) is 0 Å². The summed E-state index contributed by atoms with van der Waals surface area (Å²) in [6, 6.07) is 2.62. The maximum Gasteiger partial charge on any atom is 0.401 e. The lowest BCUT2D eigenvalue weighted by Crippen LogP contribution is -2.39. The minimum Gasteiger partial charge on any atom is -0.170 e. The van der Waals surface area contributed by atoms with Crippen molar-refractivity contribution in [2.75, 3.05) is 0 Å².